The molecule has 0 saturated carbocycles. The normalized spacial score (nSPS) is 11.6. The molecule has 122 valence electrons. The number of esters is 1. The fourth-order valence-electron chi connectivity index (χ4n) is 1.40. The Morgan fingerprint density at radius 1 is 1.24 bits per heavy atom. The molecule has 0 aromatic carbocycles. The van der Waals surface area contributed by atoms with E-state index in [9.17, 15) is 14.4 Å². The van der Waals surface area contributed by atoms with Gasteiger partial charge in [-0.25, -0.2) is 9.59 Å². The summed E-state index contributed by atoms with van der Waals surface area (Å²) in [5.41, 5.74) is 0. The fraction of sp³-hybridized carbons (Fsp3) is 0.750. The van der Waals surface area contributed by atoms with Crippen LogP contribution in [0.25, 0.3) is 0 Å². The van der Waals surface area contributed by atoms with Crippen LogP contribution in [-0.4, -0.2) is 81.1 Å². The highest BCUT2D eigenvalue weighted by atomic mass is 16.5. The smallest absolute Gasteiger partial charge is 0.328 e. The standard InChI is InChI=1S/C12H22N2O7/c1-4-21-10(15)7-14(5-6-19-2)12(18)13-9(8-20-3)11(16)17/h9H,4-8H2,1-3H3,(H,13,18)(H,16,17). The van der Waals surface area contributed by atoms with Crippen molar-refractivity contribution in [2.75, 3.05) is 47.1 Å². The highest BCUT2D eigenvalue weighted by molar-refractivity contribution is 5.85. The minimum Gasteiger partial charge on any atom is -0.480 e. The van der Waals surface area contributed by atoms with Crippen molar-refractivity contribution in [3.05, 3.63) is 0 Å². The summed E-state index contributed by atoms with van der Waals surface area (Å²) in [6.45, 7) is 1.70. The van der Waals surface area contributed by atoms with E-state index in [0.29, 0.717) is 0 Å². The summed E-state index contributed by atoms with van der Waals surface area (Å²) >= 11 is 0. The molecule has 1 atom stereocenters. The molecule has 0 radical (unpaired) electrons. The van der Waals surface area contributed by atoms with Gasteiger partial charge in [-0.2, -0.15) is 0 Å². The topological polar surface area (TPSA) is 114 Å². The first-order chi connectivity index (χ1) is 9.96. The molecular formula is C12H22N2O7. The van der Waals surface area contributed by atoms with Gasteiger partial charge in [0.2, 0.25) is 0 Å². The Bertz CT molecular complexity index is 348. The molecule has 9 nitrogen and oxygen atoms in total. The van der Waals surface area contributed by atoms with E-state index in [1.807, 2.05) is 0 Å². The van der Waals surface area contributed by atoms with Crippen molar-refractivity contribution >= 4 is 18.0 Å². The number of carbonyl (C=O) groups is 3. The second kappa shape index (κ2) is 10.9. The van der Waals surface area contributed by atoms with Crippen LogP contribution in [-0.2, 0) is 23.8 Å². The molecule has 0 bridgehead atoms. The summed E-state index contributed by atoms with van der Waals surface area (Å²) in [5, 5.41) is 11.2. The number of nitrogens with one attached hydrogen (secondary N) is 1. The van der Waals surface area contributed by atoms with Crippen LogP contribution in [0.4, 0.5) is 4.79 Å². The van der Waals surface area contributed by atoms with E-state index < -0.39 is 24.0 Å². The first-order valence-corrected chi connectivity index (χ1v) is 6.37. The number of hydrogen-bond acceptors (Lipinski definition) is 6. The zero-order valence-corrected chi connectivity index (χ0v) is 12.5. The number of carbonyl (C=O) groups excluding carboxylic acids is 2. The molecule has 0 aliphatic carbocycles. The number of methoxy groups -OCH3 is 2. The molecule has 1 unspecified atom stereocenters. The van der Waals surface area contributed by atoms with Gasteiger partial charge in [-0.05, 0) is 6.92 Å². The van der Waals surface area contributed by atoms with Crippen LogP contribution >= 0.6 is 0 Å². The predicted molar refractivity (Wildman–Crippen MR) is 71.9 cm³/mol. The summed E-state index contributed by atoms with van der Waals surface area (Å²) in [6, 6.07) is -1.90. The lowest BCUT2D eigenvalue weighted by molar-refractivity contribution is -0.143. The SMILES string of the molecule is CCOC(=O)CN(CCOC)C(=O)NC(COC)C(=O)O. The number of aliphatic carboxylic acids is 1. The van der Waals surface area contributed by atoms with Crippen molar-refractivity contribution in [3.8, 4) is 0 Å². The van der Waals surface area contributed by atoms with Gasteiger partial charge in [0.1, 0.15) is 6.54 Å². The van der Waals surface area contributed by atoms with Gasteiger partial charge in [-0.15, -0.1) is 0 Å². The monoisotopic (exact) mass is 306 g/mol. The second-order valence-corrected chi connectivity index (χ2v) is 4.02. The Morgan fingerprint density at radius 3 is 2.38 bits per heavy atom. The fourth-order valence-corrected chi connectivity index (χ4v) is 1.40. The van der Waals surface area contributed by atoms with Crippen LogP contribution in [0.1, 0.15) is 6.92 Å². The average molecular weight is 306 g/mol. The van der Waals surface area contributed by atoms with E-state index >= 15 is 0 Å². The van der Waals surface area contributed by atoms with E-state index in [-0.39, 0.29) is 32.9 Å². The Balaban J connectivity index is 4.67. The van der Waals surface area contributed by atoms with Crippen LogP contribution in [0.5, 0.6) is 0 Å². The Labute approximate surface area is 123 Å². The van der Waals surface area contributed by atoms with E-state index in [0.717, 1.165) is 4.90 Å². The molecule has 0 aliphatic heterocycles. The molecule has 0 aromatic rings. The van der Waals surface area contributed by atoms with Crippen molar-refractivity contribution < 1.29 is 33.7 Å². The number of nitrogens with zero attached hydrogens (tertiary/aromatic N) is 1. The summed E-state index contributed by atoms with van der Waals surface area (Å²) in [5.74, 6) is -1.81. The van der Waals surface area contributed by atoms with E-state index in [1.165, 1.54) is 14.2 Å². The van der Waals surface area contributed by atoms with Crippen molar-refractivity contribution in [2.45, 2.75) is 13.0 Å². The van der Waals surface area contributed by atoms with Gasteiger partial charge >= 0.3 is 18.0 Å². The summed E-state index contributed by atoms with van der Waals surface area (Å²) in [7, 11) is 2.77. The molecule has 2 N–H and O–H groups in total. The molecular weight excluding hydrogens is 284 g/mol. The number of rotatable bonds is 10. The van der Waals surface area contributed by atoms with Crippen LogP contribution in [0.3, 0.4) is 0 Å². The number of carboxylic acids is 1. The third-order valence-corrected chi connectivity index (χ3v) is 2.41. The molecule has 2 amide bonds. The molecule has 0 aromatic heterocycles. The Hall–Kier alpha value is -1.87. The van der Waals surface area contributed by atoms with Gasteiger partial charge in [-0.1, -0.05) is 0 Å². The van der Waals surface area contributed by atoms with Gasteiger partial charge in [0.15, 0.2) is 6.04 Å². The maximum absolute atomic E-state index is 12.0. The van der Waals surface area contributed by atoms with Crippen molar-refractivity contribution in [2.24, 2.45) is 0 Å². The zero-order valence-electron chi connectivity index (χ0n) is 12.5. The average Bonchev–Trinajstić information content (AvgIpc) is 2.42. The van der Waals surface area contributed by atoms with Crippen molar-refractivity contribution in [1.29, 1.82) is 0 Å². The van der Waals surface area contributed by atoms with Gasteiger partial charge in [0, 0.05) is 20.8 Å². The molecule has 9 heteroatoms. The first kappa shape index (κ1) is 19.1. The van der Waals surface area contributed by atoms with E-state index in [1.54, 1.807) is 6.92 Å². The van der Waals surface area contributed by atoms with Gasteiger partial charge in [0.05, 0.1) is 19.8 Å². The number of amides is 2. The van der Waals surface area contributed by atoms with Crippen molar-refractivity contribution in [3.63, 3.8) is 0 Å². The van der Waals surface area contributed by atoms with Crippen LogP contribution < -0.4 is 5.32 Å². The molecule has 0 spiro atoms. The largest absolute Gasteiger partial charge is 0.480 e. The highest BCUT2D eigenvalue weighted by Crippen LogP contribution is 1.95. The molecule has 0 fully saturated rings. The molecule has 0 aliphatic rings. The zero-order chi connectivity index (χ0) is 16.3. The first-order valence-electron chi connectivity index (χ1n) is 6.37. The molecule has 0 rings (SSSR count). The minimum atomic E-state index is -1.23. The Morgan fingerprint density at radius 2 is 1.90 bits per heavy atom. The minimum absolute atomic E-state index is 0.125. The van der Waals surface area contributed by atoms with Gasteiger partial charge in [-0.3, -0.25) is 4.79 Å². The predicted octanol–water partition coefficient (Wildman–Crippen LogP) is -0.693. The van der Waals surface area contributed by atoms with Gasteiger partial charge in [0.25, 0.3) is 0 Å². The maximum Gasteiger partial charge on any atom is 0.328 e. The second-order valence-electron chi connectivity index (χ2n) is 4.02. The third kappa shape index (κ3) is 8.10. The maximum atomic E-state index is 12.0. The van der Waals surface area contributed by atoms with Gasteiger partial charge < -0.3 is 29.5 Å². The number of hydrogen-bond donors (Lipinski definition) is 2. The quantitative estimate of drug-likeness (QED) is 0.513. The molecule has 21 heavy (non-hydrogen) atoms. The summed E-state index contributed by atoms with van der Waals surface area (Å²) in [6.07, 6.45) is 0. The van der Waals surface area contributed by atoms with Crippen LogP contribution in [0.2, 0.25) is 0 Å². The summed E-state index contributed by atoms with van der Waals surface area (Å²) < 4.78 is 14.3. The van der Waals surface area contributed by atoms with Crippen LogP contribution in [0, 0.1) is 0 Å². The highest BCUT2D eigenvalue weighted by Gasteiger charge is 2.24. The third-order valence-electron chi connectivity index (χ3n) is 2.41. The molecule has 0 heterocycles. The van der Waals surface area contributed by atoms with E-state index in [2.05, 4.69) is 5.32 Å². The number of ether oxygens (including phenoxy) is 3. The number of urea groups is 1. The summed E-state index contributed by atoms with van der Waals surface area (Å²) in [4.78, 5) is 35.5. The Kier molecular flexibility index (Phi) is 9.90. The lowest BCUT2D eigenvalue weighted by Crippen LogP contribution is -2.51. The van der Waals surface area contributed by atoms with E-state index in [4.69, 9.17) is 19.3 Å². The van der Waals surface area contributed by atoms with Crippen LogP contribution in [0.15, 0.2) is 0 Å². The lowest BCUT2D eigenvalue weighted by atomic mass is 10.3. The lowest BCUT2D eigenvalue weighted by Gasteiger charge is -2.23. The number of carboxylic acid groups (broad SMARTS) is 1. The van der Waals surface area contributed by atoms with Crippen molar-refractivity contribution in [1.82, 2.24) is 10.2 Å². The molecule has 0 saturated heterocycles.